The molecule has 0 fully saturated rings. The number of aromatic nitrogens is 2. The van der Waals surface area contributed by atoms with Crippen LogP contribution in [0.2, 0.25) is 0 Å². The molecule has 0 atom stereocenters. The topological polar surface area (TPSA) is 72.0 Å². The Kier molecular flexibility index (Phi) is 3.75. The lowest BCUT2D eigenvalue weighted by Gasteiger charge is -2.08. The normalized spacial score (nSPS) is 11.3. The summed E-state index contributed by atoms with van der Waals surface area (Å²) in [5.41, 5.74) is 0.901. The third-order valence-corrected chi connectivity index (χ3v) is 3.57. The van der Waals surface area contributed by atoms with Crippen LogP contribution in [-0.4, -0.2) is 24.6 Å². The fourth-order valence-electron chi connectivity index (χ4n) is 1.49. The van der Waals surface area contributed by atoms with Gasteiger partial charge in [0, 0.05) is 30.8 Å². The van der Waals surface area contributed by atoms with Crippen LogP contribution in [0, 0.1) is 5.82 Å². The Morgan fingerprint density at radius 1 is 1.26 bits per heavy atom. The molecule has 100 valence electrons. The van der Waals surface area contributed by atoms with Gasteiger partial charge in [-0.15, -0.1) is 0 Å². The molecule has 0 bridgehead atoms. The first-order valence-corrected chi connectivity index (χ1v) is 7.33. The van der Waals surface area contributed by atoms with Crippen LogP contribution in [0.1, 0.15) is 5.56 Å². The van der Waals surface area contributed by atoms with Crippen molar-refractivity contribution in [2.45, 2.75) is 11.4 Å². The smallest absolute Gasteiger partial charge is 0.175 e. The lowest BCUT2D eigenvalue weighted by molar-refractivity contribution is 0.600. The van der Waals surface area contributed by atoms with Gasteiger partial charge in [0.1, 0.15) is 12.1 Å². The van der Waals surface area contributed by atoms with E-state index in [1.807, 2.05) is 0 Å². The Morgan fingerprint density at radius 3 is 2.58 bits per heavy atom. The minimum Gasteiger partial charge on any atom is -0.378 e. The summed E-state index contributed by atoms with van der Waals surface area (Å²) < 4.78 is 36.4. The van der Waals surface area contributed by atoms with Gasteiger partial charge < -0.3 is 5.32 Å². The van der Waals surface area contributed by atoms with Crippen LogP contribution in [0.5, 0.6) is 0 Å². The first-order chi connectivity index (χ1) is 8.97. The summed E-state index contributed by atoms with van der Waals surface area (Å²) in [6, 6.07) is 3.64. The highest BCUT2D eigenvalue weighted by atomic mass is 32.2. The second-order valence-electron chi connectivity index (χ2n) is 4.01. The second kappa shape index (κ2) is 5.31. The van der Waals surface area contributed by atoms with Gasteiger partial charge in [0.2, 0.25) is 0 Å². The van der Waals surface area contributed by atoms with Gasteiger partial charge in [-0.1, -0.05) is 0 Å². The van der Waals surface area contributed by atoms with E-state index >= 15 is 0 Å². The van der Waals surface area contributed by atoms with Crippen LogP contribution < -0.4 is 5.32 Å². The maximum atomic E-state index is 13.6. The lowest BCUT2D eigenvalue weighted by atomic mass is 10.3. The van der Waals surface area contributed by atoms with E-state index in [9.17, 15) is 12.8 Å². The molecule has 0 amide bonds. The second-order valence-corrected chi connectivity index (χ2v) is 6.03. The summed E-state index contributed by atoms with van der Waals surface area (Å²) in [5.74, 6) is -0.510. The van der Waals surface area contributed by atoms with Crippen LogP contribution >= 0.6 is 0 Å². The number of sulfone groups is 1. The molecule has 0 unspecified atom stereocenters. The van der Waals surface area contributed by atoms with E-state index in [0.717, 1.165) is 17.9 Å². The Hall–Kier alpha value is -2.02. The lowest BCUT2D eigenvalue weighted by Crippen LogP contribution is -2.04. The SMILES string of the molecule is CS(=O)(=O)c1ccc(F)c(NCc2cncnc2)c1. The molecule has 0 spiro atoms. The molecular formula is C12H12FN3O2S. The van der Waals surface area contributed by atoms with Gasteiger partial charge in [0.15, 0.2) is 9.84 Å². The molecule has 7 heteroatoms. The Bertz CT molecular complexity index is 675. The van der Waals surface area contributed by atoms with Crippen molar-refractivity contribution in [1.82, 2.24) is 9.97 Å². The number of anilines is 1. The molecule has 1 aromatic carbocycles. The van der Waals surface area contributed by atoms with Crippen molar-refractivity contribution in [2.75, 3.05) is 11.6 Å². The van der Waals surface area contributed by atoms with Crippen molar-refractivity contribution < 1.29 is 12.8 Å². The Morgan fingerprint density at radius 2 is 1.95 bits per heavy atom. The molecule has 0 saturated heterocycles. The fraction of sp³-hybridized carbons (Fsp3) is 0.167. The number of nitrogens with one attached hydrogen (secondary N) is 1. The van der Waals surface area contributed by atoms with Crippen molar-refractivity contribution in [3.05, 3.63) is 48.3 Å². The zero-order chi connectivity index (χ0) is 13.9. The van der Waals surface area contributed by atoms with Gasteiger partial charge in [-0.25, -0.2) is 22.8 Å². The van der Waals surface area contributed by atoms with Gasteiger partial charge in [0.25, 0.3) is 0 Å². The van der Waals surface area contributed by atoms with E-state index in [2.05, 4.69) is 15.3 Å². The van der Waals surface area contributed by atoms with Crippen LogP contribution in [0.25, 0.3) is 0 Å². The number of hydrogen-bond donors (Lipinski definition) is 1. The molecular weight excluding hydrogens is 269 g/mol. The van der Waals surface area contributed by atoms with E-state index in [0.29, 0.717) is 6.54 Å². The number of rotatable bonds is 4. The molecule has 19 heavy (non-hydrogen) atoms. The molecule has 0 radical (unpaired) electrons. The van der Waals surface area contributed by atoms with Gasteiger partial charge in [-0.3, -0.25) is 0 Å². The maximum Gasteiger partial charge on any atom is 0.175 e. The third-order valence-electron chi connectivity index (χ3n) is 2.46. The molecule has 0 aliphatic rings. The van der Waals surface area contributed by atoms with Crippen molar-refractivity contribution in [3.8, 4) is 0 Å². The van der Waals surface area contributed by atoms with Gasteiger partial charge >= 0.3 is 0 Å². The predicted molar refractivity (Wildman–Crippen MR) is 68.9 cm³/mol. The average molecular weight is 281 g/mol. The van der Waals surface area contributed by atoms with Crippen LogP contribution in [0.4, 0.5) is 10.1 Å². The van der Waals surface area contributed by atoms with Crippen LogP contribution in [0.3, 0.4) is 0 Å². The molecule has 0 saturated carbocycles. The number of halogens is 1. The molecule has 0 aliphatic carbocycles. The van der Waals surface area contributed by atoms with Crippen molar-refractivity contribution >= 4 is 15.5 Å². The predicted octanol–water partition coefficient (Wildman–Crippen LogP) is 1.63. The maximum absolute atomic E-state index is 13.6. The standard InChI is InChI=1S/C12H12FN3O2S/c1-19(17,18)10-2-3-11(13)12(4-10)16-7-9-5-14-8-15-6-9/h2-6,8,16H,7H2,1H3. The van der Waals surface area contributed by atoms with Gasteiger partial charge in [-0.2, -0.15) is 0 Å². The fourth-order valence-corrected chi connectivity index (χ4v) is 2.14. The largest absolute Gasteiger partial charge is 0.378 e. The van der Waals surface area contributed by atoms with E-state index in [4.69, 9.17) is 0 Å². The Labute approximate surface area is 110 Å². The summed E-state index contributed by atoms with van der Waals surface area (Å²) in [5, 5.41) is 2.82. The zero-order valence-electron chi connectivity index (χ0n) is 10.2. The zero-order valence-corrected chi connectivity index (χ0v) is 11.0. The average Bonchev–Trinajstić information content (AvgIpc) is 2.37. The summed E-state index contributed by atoms with van der Waals surface area (Å²) in [7, 11) is -3.36. The van der Waals surface area contributed by atoms with E-state index in [1.54, 1.807) is 12.4 Å². The monoisotopic (exact) mass is 281 g/mol. The molecule has 5 nitrogen and oxygen atoms in total. The van der Waals surface area contributed by atoms with Crippen LogP contribution in [-0.2, 0) is 16.4 Å². The van der Waals surface area contributed by atoms with Crippen molar-refractivity contribution in [3.63, 3.8) is 0 Å². The minimum atomic E-state index is -3.36. The highest BCUT2D eigenvalue weighted by molar-refractivity contribution is 7.90. The summed E-state index contributed by atoms with van der Waals surface area (Å²) in [6.07, 6.45) is 5.67. The minimum absolute atomic E-state index is 0.0701. The molecule has 0 aliphatic heterocycles. The Balaban J connectivity index is 2.21. The molecule has 1 heterocycles. The molecule has 1 N–H and O–H groups in total. The third kappa shape index (κ3) is 3.47. The van der Waals surface area contributed by atoms with Gasteiger partial charge in [0.05, 0.1) is 10.6 Å². The summed E-state index contributed by atoms with van der Waals surface area (Å²) >= 11 is 0. The molecule has 2 rings (SSSR count). The van der Waals surface area contributed by atoms with Crippen molar-refractivity contribution in [2.24, 2.45) is 0 Å². The molecule has 1 aromatic heterocycles. The molecule has 2 aromatic rings. The van der Waals surface area contributed by atoms with E-state index in [1.165, 1.54) is 18.5 Å². The highest BCUT2D eigenvalue weighted by Crippen LogP contribution is 2.20. The number of benzene rings is 1. The summed E-state index contributed by atoms with van der Waals surface area (Å²) in [6.45, 7) is 0.310. The van der Waals surface area contributed by atoms with Gasteiger partial charge in [-0.05, 0) is 18.2 Å². The summed E-state index contributed by atoms with van der Waals surface area (Å²) in [4.78, 5) is 7.74. The number of hydrogen-bond acceptors (Lipinski definition) is 5. The van der Waals surface area contributed by atoms with Crippen molar-refractivity contribution in [1.29, 1.82) is 0 Å². The number of nitrogens with zero attached hydrogens (tertiary/aromatic N) is 2. The van der Waals surface area contributed by atoms with Crippen LogP contribution in [0.15, 0.2) is 41.8 Å². The highest BCUT2D eigenvalue weighted by Gasteiger charge is 2.10. The first kappa shape index (κ1) is 13.4. The first-order valence-electron chi connectivity index (χ1n) is 5.44. The van der Waals surface area contributed by atoms with E-state index in [-0.39, 0.29) is 10.6 Å². The van der Waals surface area contributed by atoms with E-state index < -0.39 is 15.7 Å². The quantitative estimate of drug-likeness (QED) is 0.862.